The quantitative estimate of drug-likeness (QED) is 0.362. The third kappa shape index (κ3) is 4.42. The van der Waals surface area contributed by atoms with Gasteiger partial charge in [0.15, 0.2) is 0 Å². The molecule has 1 saturated heterocycles. The van der Waals surface area contributed by atoms with Crippen LogP contribution in [0.25, 0.3) is 0 Å². The van der Waals surface area contributed by atoms with Gasteiger partial charge in [-0.05, 0) is 40.8 Å². The van der Waals surface area contributed by atoms with Crippen molar-refractivity contribution in [2.45, 2.75) is 55.8 Å². The van der Waals surface area contributed by atoms with Gasteiger partial charge >= 0.3 is 0 Å². The minimum atomic E-state index is -3.06. The SMILES string of the molecule is NC(=O)C1([C@H](c2ccccc2)c2ccc(C3CC3)c(F)n2)CC(F)CN1C(=O)Cn1nnnc1C(F)F. The summed E-state index contributed by atoms with van der Waals surface area (Å²) in [6.45, 7) is -1.31. The number of carbonyl (C=O) groups excluding carboxylic acids is 2. The summed E-state index contributed by atoms with van der Waals surface area (Å²) in [6, 6.07) is 11.5. The highest BCUT2D eigenvalue weighted by molar-refractivity contribution is 5.93. The average Bonchev–Trinajstić information content (AvgIpc) is 3.48. The number of tetrazole rings is 1. The number of hydrogen-bond donors (Lipinski definition) is 1. The number of benzene rings is 1. The first-order valence-electron chi connectivity index (χ1n) is 11.7. The van der Waals surface area contributed by atoms with E-state index in [9.17, 15) is 18.4 Å². The number of hydrogen-bond acceptors (Lipinski definition) is 6. The summed E-state index contributed by atoms with van der Waals surface area (Å²) in [4.78, 5) is 31.7. The first-order valence-corrected chi connectivity index (χ1v) is 11.7. The molecule has 1 aromatic carbocycles. The normalized spacial score (nSPS) is 22.4. The summed E-state index contributed by atoms with van der Waals surface area (Å²) < 4.78 is 57.2. The Hall–Kier alpha value is -3.90. The molecule has 1 aliphatic carbocycles. The number of alkyl halides is 3. The summed E-state index contributed by atoms with van der Waals surface area (Å²) in [5.74, 6) is -4.56. The van der Waals surface area contributed by atoms with Gasteiger partial charge in [0.2, 0.25) is 23.6 Å². The van der Waals surface area contributed by atoms with Crippen LogP contribution in [0.2, 0.25) is 0 Å². The highest BCUT2D eigenvalue weighted by Gasteiger charge is 2.58. The zero-order chi connectivity index (χ0) is 26.3. The number of pyridine rings is 1. The van der Waals surface area contributed by atoms with Crippen molar-refractivity contribution >= 4 is 11.8 Å². The van der Waals surface area contributed by atoms with Crippen LogP contribution < -0.4 is 5.73 Å². The van der Waals surface area contributed by atoms with E-state index in [0.717, 1.165) is 17.7 Å². The highest BCUT2D eigenvalue weighted by Crippen LogP contribution is 2.47. The fraction of sp³-hybridized carbons (Fsp3) is 0.417. The fourth-order valence-electron chi connectivity index (χ4n) is 5.20. The number of halogens is 4. The van der Waals surface area contributed by atoms with Gasteiger partial charge in [-0.1, -0.05) is 36.4 Å². The van der Waals surface area contributed by atoms with E-state index >= 15 is 8.78 Å². The van der Waals surface area contributed by atoms with E-state index in [1.165, 1.54) is 0 Å². The lowest BCUT2D eigenvalue weighted by atomic mass is 9.74. The van der Waals surface area contributed by atoms with Gasteiger partial charge < -0.3 is 10.6 Å². The van der Waals surface area contributed by atoms with Gasteiger partial charge in [-0.3, -0.25) is 9.59 Å². The lowest BCUT2D eigenvalue weighted by Gasteiger charge is -2.41. The number of rotatable bonds is 8. The Labute approximate surface area is 208 Å². The second-order valence-electron chi connectivity index (χ2n) is 9.32. The summed E-state index contributed by atoms with van der Waals surface area (Å²) in [5, 5.41) is 9.81. The van der Waals surface area contributed by atoms with Gasteiger partial charge in [0.05, 0.1) is 18.2 Å². The fourth-order valence-corrected chi connectivity index (χ4v) is 5.20. The predicted molar refractivity (Wildman–Crippen MR) is 120 cm³/mol. The molecule has 2 aromatic heterocycles. The van der Waals surface area contributed by atoms with E-state index in [-0.39, 0.29) is 11.6 Å². The van der Waals surface area contributed by atoms with Crippen molar-refractivity contribution in [2.75, 3.05) is 6.54 Å². The van der Waals surface area contributed by atoms with Crippen LogP contribution in [0.3, 0.4) is 0 Å². The van der Waals surface area contributed by atoms with Gasteiger partial charge in [-0.2, -0.15) is 4.39 Å². The minimum Gasteiger partial charge on any atom is -0.368 e. The van der Waals surface area contributed by atoms with E-state index < -0.39 is 67.2 Å². The standard InChI is InChI=1S/C24H23F4N7O2/c25-15-10-24(23(29)37,34(11-15)18(36)12-35-22(20(26)27)31-32-33-35)19(14-4-2-1-3-5-14)17-9-8-16(13-6-7-13)21(28)30-17/h1-5,8-9,13,15,19-20H,6-7,10-12H2,(H2,29,37)/t15?,19-,24?/m1/s1. The van der Waals surface area contributed by atoms with Gasteiger partial charge in [-0.15, -0.1) is 5.10 Å². The average molecular weight is 517 g/mol. The molecule has 0 radical (unpaired) electrons. The van der Waals surface area contributed by atoms with Crippen LogP contribution >= 0.6 is 0 Å². The molecular weight excluding hydrogens is 494 g/mol. The predicted octanol–water partition coefficient (Wildman–Crippen LogP) is 2.65. The molecule has 3 aromatic rings. The van der Waals surface area contributed by atoms with Crippen molar-refractivity contribution in [3.8, 4) is 0 Å². The minimum absolute atomic E-state index is 0.0712. The smallest absolute Gasteiger partial charge is 0.298 e. The van der Waals surface area contributed by atoms with E-state index in [1.54, 1.807) is 42.5 Å². The maximum atomic E-state index is 15.1. The van der Waals surface area contributed by atoms with E-state index in [0.29, 0.717) is 15.8 Å². The number of primary amides is 1. The molecule has 1 aliphatic heterocycles. The van der Waals surface area contributed by atoms with E-state index in [2.05, 4.69) is 20.5 Å². The number of nitrogens with two attached hydrogens (primary N) is 1. The first kappa shape index (κ1) is 24.8. The van der Waals surface area contributed by atoms with Crippen molar-refractivity contribution in [2.24, 2.45) is 5.73 Å². The number of likely N-dealkylation sites (tertiary alicyclic amines) is 1. The monoisotopic (exact) mass is 517 g/mol. The van der Waals surface area contributed by atoms with Crippen molar-refractivity contribution in [1.82, 2.24) is 30.1 Å². The van der Waals surface area contributed by atoms with Crippen LogP contribution in [0.5, 0.6) is 0 Å². The van der Waals surface area contributed by atoms with Crippen molar-refractivity contribution in [1.29, 1.82) is 0 Å². The number of carbonyl (C=O) groups is 2. The Bertz CT molecular complexity index is 1320. The topological polar surface area (TPSA) is 120 Å². The van der Waals surface area contributed by atoms with Gasteiger partial charge in [0, 0.05) is 12.0 Å². The van der Waals surface area contributed by atoms with Crippen LogP contribution in [0.15, 0.2) is 42.5 Å². The van der Waals surface area contributed by atoms with Crippen molar-refractivity contribution < 1.29 is 27.2 Å². The van der Waals surface area contributed by atoms with Crippen LogP contribution in [0.1, 0.15) is 60.2 Å². The second kappa shape index (κ2) is 9.52. The molecule has 0 spiro atoms. The molecule has 2 unspecified atom stereocenters. The number of amides is 2. The number of nitrogens with zero attached hydrogens (tertiary/aromatic N) is 6. The molecule has 0 bridgehead atoms. The van der Waals surface area contributed by atoms with Crippen LogP contribution in [-0.2, 0) is 16.1 Å². The Morgan fingerprint density at radius 2 is 1.86 bits per heavy atom. The van der Waals surface area contributed by atoms with Gasteiger partial charge in [-0.25, -0.2) is 22.8 Å². The molecule has 2 aliphatic rings. The van der Waals surface area contributed by atoms with Crippen LogP contribution in [-0.4, -0.2) is 60.2 Å². The zero-order valence-corrected chi connectivity index (χ0v) is 19.5. The van der Waals surface area contributed by atoms with E-state index in [4.69, 9.17) is 5.73 Å². The first-order chi connectivity index (χ1) is 17.7. The van der Waals surface area contributed by atoms with Crippen LogP contribution in [0.4, 0.5) is 17.6 Å². The molecule has 9 nitrogen and oxygen atoms in total. The lowest BCUT2D eigenvalue weighted by molar-refractivity contribution is -0.145. The Morgan fingerprint density at radius 3 is 2.49 bits per heavy atom. The molecule has 1 saturated carbocycles. The molecule has 2 amide bonds. The zero-order valence-electron chi connectivity index (χ0n) is 19.5. The van der Waals surface area contributed by atoms with Gasteiger partial charge in [0.25, 0.3) is 6.43 Å². The Morgan fingerprint density at radius 1 is 1.14 bits per heavy atom. The molecule has 13 heteroatoms. The largest absolute Gasteiger partial charge is 0.368 e. The third-order valence-corrected chi connectivity index (χ3v) is 6.99. The number of aromatic nitrogens is 5. The molecule has 2 fully saturated rings. The summed E-state index contributed by atoms with van der Waals surface area (Å²) >= 11 is 0. The van der Waals surface area contributed by atoms with E-state index in [1.807, 2.05) is 0 Å². The molecule has 194 valence electrons. The maximum Gasteiger partial charge on any atom is 0.298 e. The van der Waals surface area contributed by atoms with Gasteiger partial charge in [0.1, 0.15) is 18.3 Å². The van der Waals surface area contributed by atoms with Crippen molar-refractivity contribution in [3.63, 3.8) is 0 Å². The van der Waals surface area contributed by atoms with Crippen molar-refractivity contribution in [3.05, 3.63) is 71.1 Å². The second-order valence-corrected chi connectivity index (χ2v) is 9.32. The lowest BCUT2D eigenvalue weighted by Crippen LogP contribution is -2.60. The maximum absolute atomic E-state index is 15.1. The molecule has 5 rings (SSSR count). The molecule has 2 N–H and O–H groups in total. The molecule has 3 heterocycles. The highest BCUT2D eigenvalue weighted by atomic mass is 19.3. The molecule has 37 heavy (non-hydrogen) atoms. The Balaban J connectivity index is 1.62. The Kier molecular flexibility index (Phi) is 6.38. The van der Waals surface area contributed by atoms with Crippen LogP contribution in [0, 0.1) is 5.95 Å². The summed E-state index contributed by atoms with van der Waals surface area (Å²) in [7, 11) is 0. The molecular formula is C24H23F4N7O2. The molecule has 3 atom stereocenters. The summed E-state index contributed by atoms with van der Waals surface area (Å²) in [5.41, 5.74) is 4.88. The third-order valence-electron chi connectivity index (χ3n) is 6.99. The summed E-state index contributed by atoms with van der Waals surface area (Å²) in [6.07, 6.45) is -3.53.